The van der Waals surface area contributed by atoms with Gasteiger partial charge in [-0.1, -0.05) is 17.7 Å². The summed E-state index contributed by atoms with van der Waals surface area (Å²) in [6.45, 7) is 2.01. The van der Waals surface area contributed by atoms with Gasteiger partial charge in [0, 0.05) is 4.88 Å². The van der Waals surface area contributed by atoms with Gasteiger partial charge in [-0.3, -0.25) is 0 Å². The highest BCUT2D eigenvalue weighted by atomic mass is 35.5. The standard InChI is InChI=1S/C16H13ClN2OS/c1-9-5-6-11(17)12(7-9)20-15-14-10-3-2-4-13(10)21-16(14)19-8-18-15/h5-8H,2-4H2,1H3. The summed E-state index contributed by atoms with van der Waals surface area (Å²) in [5, 5.41) is 1.66. The Labute approximate surface area is 131 Å². The molecule has 106 valence electrons. The van der Waals surface area contributed by atoms with Crippen molar-refractivity contribution in [3.8, 4) is 11.6 Å². The fourth-order valence-electron chi connectivity index (χ4n) is 2.77. The van der Waals surface area contributed by atoms with Crippen LogP contribution in [0.3, 0.4) is 0 Å². The fraction of sp³-hybridized carbons (Fsp3) is 0.250. The maximum atomic E-state index is 6.22. The van der Waals surface area contributed by atoms with Gasteiger partial charge in [0.1, 0.15) is 16.9 Å². The number of nitrogens with zero attached hydrogens (tertiary/aromatic N) is 2. The molecule has 0 spiro atoms. The molecule has 0 aliphatic heterocycles. The smallest absolute Gasteiger partial charge is 0.231 e. The molecule has 21 heavy (non-hydrogen) atoms. The molecule has 3 nitrogen and oxygen atoms in total. The van der Waals surface area contributed by atoms with Crippen LogP contribution in [-0.4, -0.2) is 9.97 Å². The summed E-state index contributed by atoms with van der Waals surface area (Å²) in [5.74, 6) is 1.27. The quantitative estimate of drug-likeness (QED) is 0.672. The van der Waals surface area contributed by atoms with Crippen molar-refractivity contribution in [2.75, 3.05) is 0 Å². The Kier molecular flexibility index (Phi) is 3.08. The summed E-state index contributed by atoms with van der Waals surface area (Å²) in [4.78, 5) is 11.1. The first kappa shape index (κ1) is 13.0. The van der Waals surface area contributed by atoms with Crippen molar-refractivity contribution < 1.29 is 4.74 Å². The molecule has 2 aromatic heterocycles. The van der Waals surface area contributed by atoms with E-state index in [0.717, 1.165) is 28.6 Å². The zero-order chi connectivity index (χ0) is 14.4. The summed E-state index contributed by atoms with van der Waals surface area (Å²) >= 11 is 7.98. The van der Waals surface area contributed by atoms with Crippen molar-refractivity contribution in [3.05, 3.63) is 45.6 Å². The van der Waals surface area contributed by atoms with Crippen LogP contribution in [-0.2, 0) is 12.8 Å². The van der Waals surface area contributed by atoms with Gasteiger partial charge in [0.2, 0.25) is 5.88 Å². The maximum absolute atomic E-state index is 6.22. The number of aromatic nitrogens is 2. The maximum Gasteiger partial charge on any atom is 0.231 e. The Morgan fingerprint density at radius 1 is 1.24 bits per heavy atom. The van der Waals surface area contributed by atoms with Crippen LogP contribution >= 0.6 is 22.9 Å². The van der Waals surface area contributed by atoms with Crippen molar-refractivity contribution in [3.63, 3.8) is 0 Å². The van der Waals surface area contributed by atoms with Crippen LogP contribution in [0.1, 0.15) is 22.4 Å². The van der Waals surface area contributed by atoms with E-state index in [0.29, 0.717) is 16.7 Å². The molecule has 0 N–H and O–H groups in total. The average Bonchev–Trinajstić information content (AvgIpc) is 3.03. The molecule has 1 aliphatic rings. The zero-order valence-electron chi connectivity index (χ0n) is 11.5. The highest BCUT2D eigenvalue weighted by Gasteiger charge is 2.22. The lowest BCUT2D eigenvalue weighted by Crippen LogP contribution is -1.92. The average molecular weight is 317 g/mol. The van der Waals surface area contributed by atoms with Crippen molar-refractivity contribution in [1.82, 2.24) is 9.97 Å². The number of halogens is 1. The van der Waals surface area contributed by atoms with E-state index in [2.05, 4.69) is 9.97 Å². The highest BCUT2D eigenvalue weighted by Crippen LogP contribution is 2.41. The molecule has 5 heteroatoms. The predicted molar refractivity (Wildman–Crippen MR) is 85.7 cm³/mol. The van der Waals surface area contributed by atoms with E-state index in [1.54, 1.807) is 17.7 Å². The zero-order valence-corrected chi connectivity index (χ0v) is 13.1. The molecular formula is C16H13ClN2OS. The van der Waals surface area contributed by atoms with E-state index < -0.39 is 0 Å². The van der Waals surface area contributed by atoms with Gasteiger partial charge in [-0.15, -0.1) is 11.3 Å². The molecule has 0 saturated heterocycles. The minimum atomic E-state index is 0.597. The van der Waals surface area contributed by atoms with Crippen LogP contribution in [0.5, 0.6) is 11.6 Å². The van der Waals surface area contributed by atoms with Crippen LogP contribution in [0, 0.1) is 6.92 Å². The number of rotatable bonds is 2. The molecule has 0 atom stereocenters. The van der Waals surface area contributed by atoms with E-state index >= 15 is 0 Å². The van der Waals surface area contributed by atoms with Crippen LogP contribution in [0.4, 0.5) is 0 Å². The third-order valence-electron chi connectivity index (χ3n) is 3.76. The Bertz CT molecular complexity index is 844. The van der Waals surface area contributed by atoms with Gasteiger partial charge >= 0.3 is 0 Å². The molecule has 3 aromatic rings. The molecule has 0 fully saturated rings. The monoisotopic (exact) mass is 316 g/mol. The first-order chi connectivity index (χ1) is 10.2. The van der Waals surface area contributed by atoms with Crippen molar-refractivity contribution >= 4 is 33.2 Å². The Morgan fingerprint density at radius 3 is 3.05 bits per heavy atom. The number of hydrogen-bond acceptors (Lipinski definition) is 4. The number of fused-ring (bicyclic) bond motifs is 3. The number of aryl methyl sites for hydroxylation is 3. The second kappa shape index (κ2) is 4.97. The van der Waals surface area contributed by atoms with Crippen molar-refractivity contribution in [2.45, 2.75) is 26.2 Å². The summed E-state index contributed by atoms with van der Waals surface area (Å²) in [6.07, 6.45) is 4.99. The van der Waals surface area contributed by atoms with Gasteiger partial charge in [-0.05, 0) is 49.4 Å². The molecule has 1 aliphatic carbocycles. The molecule has 2 heterocycles. The largest absolute Gasteiger partial charge is 0.437 e. The SMILES string of the molecule is Cc1ccc(Cl)c(Oc2ncnc3sc4c(c23)CCC4)c1. The minimum absolute atomic E-state index is 0.597. The first-order valence-electron chi connectivity index (χ1n) is 6.91. The van der Waals surface area contributed by atoms with Gasteiger partial charge < -0.3 is 4.74 Å². The number of hydrogen-bond donors (Lipinski definition) is 0. The van der Waals surface area contributed by atoms with Crippen LogP contribution in [0.25, 0.3) is 10.2 Å². The van der Waals surface area contributed by atoms with E-state index in [1.807, 2.05) is 25.1 Å². The molecule has 0 unspecified atom stereocenters. The predicted octanol–water partition coefficient (Wildman–Crippen LogP) is 4.93. The normalized spacial score (nSPS) is 13.6. The topological polar surface area (TPSA) is 35.0 Å². The van der Waals surface area contributed by atoms with Gasteiger partial charge in [-0.25, -0.2) is 9.97 Å². The molecule has 0 saturated carbocycles. The molecule has 0 radical (unpaired) electrons. The summed E-state index contributed by atoms with van der Waals surface area (Å²) in [5.41, 5.74) is 2.46. The number of benzene rings is 1. The Morgan fingerprint density at radius 2 is 2.14 bits per heavy atom. The van der Waals surface area contributed by atoms with E-state index in [9.17, 15) is 0 Å². The van der Waals surface area contributed by atoms with E-state index in [1.165, 1.54) is 16.9 Å². The van der Waals surface area contributed by atoms with Crippen LogP contribution in [0.2, 0.25) is 5.02 Å². The van der Waals surface area contributed by atoms with E-state index in [4.69, 9.17) is 16.3 Å². The second-order valence-electron chi connectivity index (χ2n) is 5.25. The lowest BCUT2D eigenvalue weighted by molar-refractivity contribution is 0.468. The van der Waals surface area contributed by atoms with Gasteiger partial charge in [0.05, 0.1) is 10.4 Å². The summed E-state index contributed by atoms with van der Waals surface area (Å²) in [6, 6.07) is 5.75. The third kappa shape index (κ3) is 2.19. The van der Waals surface area contributed by atoms with Crippen molar-refractivity contribution in [2.24, 2.45) is 0 Å². The lowest BCUT2D eigenvalue weighted by atomic mass is 10.2. The highest BCUT2D eigenvalue weighted by molar-refractivity contribution is 7.18. The van der Waals surface area contributed by atoms with Gasteiger partial charge in [-0.2, -0.15) is 0 Å². The first-order valence-corrected chi connectivity index (χ1v) is 8.11. The number of thiophene rings is 1. The van der Waals surface area contributed by atoms with Gasteiger partial charge in [0.15, 0.2) is 0 Å². The van der Waals surface area contributed by atoms with E-state index in [-0.39, 0.29) is 0 Å². The van der Waals surface area contributed by atoms with Crippen LogP contribution < -0.4 is 4.74 Å². The molecule has 0 amide bonds. The molecule has 4 rings (SSSR count). The number of ether oxygens (including phenoxy) is 1. The molecular weight excluding hydrogens is 304 g/mol. The Balaban J connectivity index is 1.85. The van der Waals surface area contributed by atoms with Gasteiger partial charge in [0.25, 0.3) is 0 Å². The van der Waals surface area contributed by atoms with Crippen LogP contribution in [0.15, 0.2) is 24.5 Å². The second-order valence-corrected chi connectivity index (χ2v) is 6.74. The summed E-state index contributed by atoms with van der Waals surface area (Å²) < 4.78 is 6.01. The molecule has 1 aromatic carbocycles. The minimum Gasteiger partial charge on any atom is -0.437 e. The molecule has 0 bridgehead atoms. The fourth-order valence-corrected chi connectivity index (χ4v) is 4.15. The van der Waals surface area contributed by atoms with Crippen molar-refractivity contribution in [1.29, 1.82) is 0 Å². The summed E-state index contributed by atoms with van der Waals surface area (Å²) in [7, 11) is 0. The Hall–Kier alpha value is -1.65. The lowest BCUT2D eigenvalue weighted by Gasteiger charge is -2.09. The third-order valence-corrected chi connectivity index (χ3v) is 5.27.